The Morgan fingerprint density at radius 3 is 2.30 bits per heavy atom. The van der Waals surface area contributed by atoms with Gasteiger partial charge in [-0.2, -0.15) is 5.10 Å². The van der Waals surface area contributed by atoms with Gasteiger partial charge in [0.25, 0.3) is 10.0 Å². The molecular weight excluding hydrogens is 310 g/mol. The van der Waals surface area contributed by atoms with E-state index in [0.29, 0.717) is 5.69 Å². The van der Waals surface area contributed by atoms with Crippen molar-refractivity contribution in [3.05, 3.63) is 67.0 Å². The van der Waals surface area contributed by atoms with Gasteiger partial charge in [0.1, 0.15) is 4.90 Å². The van der Waals surface area contributed by atoms with Crippen molar-refractivity contribution < 1.29 is 8.42 Å². The smallest absolute Gasteiger partial charge is 0.267 e. The molecule has 0 bridgehead atoms. The van der Waals surface area contributed by atoms with E-state index in [1.54, 1.807) is 20.2 Å². The van der Waals surface area contributed by atoms with Crippen LogP contribution >= 0.6 is 0 Å². The molecule has 0 N–H and O–H groups in total. The van der Waals surface area contributed by atoms with Crippen molar-refractivity contribution in [2.75, 3.05) is 11.4 Å². The molecule has 118 valence electrons. The summed E-state index contributed by atoms with van der Waals surface area (Å²) >= 11 is 0. The van der Waals surface area contributed by atoms with Gasteiger partial charge in [-0.1, -0.05) is 48.5 Å². The van der Waals surface area contributed by atoms with Gasteiger partial charge in [0.2, 0.25) is 0 Å². The Kier molecular flexibility index (Phi) is 3.92. The summed E-state index contributed by atoms with van der Waals surface area (Å²) in [6, 6.07) is 17.2. The first-order chi connectivity index (χ1) is 11.0. The van der Waals surface area contributed by atoms with Crippen molar-refractivity contribution >= 4 is 15.7 Å². The number of hydrogen-bond acceptors (Lipinski definition) is 3. The van der Waals surface area contributed by atoms with Gasteiger partial charge in [-0.15, -0.1) is 0 Å². The van der Waals surface area contributed by atoms with Crippen LogP contribution in [0.4, 0.5) is 5.69 Å². The molecule has 0 aliphatic heterocycles. The molecule has 0 fully saturated rings. The Bertz CT molecular complexity index is 918. The monoisotopic (exact) mass is 327 g/mol. The minimum atomic E-state index is -3.65. The van der Waals surface area contributed by atoms with Gasteiger partial charge in [-0.25, -0.2) is 8.42 Å². The third kappa shape index (κ3) is 2.85. The largest absolute Gasteiger partial charge is 0.274 e. The molecule has 1 aromatic heterocycles. The maximum Gasteiger partial charge on any atom is 0.267 e. The summed E-state index contributed by atoms with van der Waals surface area (Å²) < 4.78 is 28.4. The van der Waals surface area contributed by atoms with Crippen molar-refractivity contribution in [3.8, 4) is 11.1 Å². The molecule has 3 aromatic rings. The summed E-state index contributed by atoms with van der Waals surface area (Å²) in [5.74, 6) is 0. The summed E-state index contributed by atoms with van der Waals surface area (Å²) in [5.41, 5.74) is 2.46. The minimum Gasteiger partial charge on any atom is -0.274 e. The zero-order chi connectivity index (χ0) is 16.4. The van der Waals surface area contributed by atoms with E-state index in [4.69, 9.17) is 0 Å². The molecule has 0 unspecified atom stereocenters. The number of rotatable bonds is 4. The van der Waals surface area contributed by atoms with Crippen LogP contribution in [0.2, 0.25) is 0 Å². The van der Waals surface area contributed by atoms with Crippen LogP contribution in [0.1, 0.15) is 0 Å². The maximum atomic E-state index is 12.8. The topological polar surface area (TPSA) is 55.2 Å². The number of hydrogen-bond donors (Lipinski definition) is 0. The Labute approximate surface area is 135 Å². The van der Waals surface area contributed by atoms with Crippen LogP contribution < -0.4 is 4.31 Å². The zero-order valence-corrected chi connectivity index (χ0v) is 13.7. The van der Waals surface area contributed by atoms with E-state index < -0.39 is 10.0 Å². The second-order valence-corrected chi connectivity index (χ2v) is 7.17. The van der Waals surface area contributed by atoms with E-state index in [1.165, 1.54) is 21.4 Å². The predicted octanol–water partition coefficient (Wildman–Crippen LogP) is 2.91. The second-order valence-electron chi connectivity index (χ2n) is 5.21. The van der Waals surface area contributed by atoms with E-state index in [0.717, 1.165) is 11.1 Å². The first kappa shape index (κ1) is 15.3. The minimum absolute atomic E-state index is 0.172. The number of benzene rings is 2. The molecule has 0 radical (unpaired) electrons. The molecule has 5 nitrogen and oxygen atoms in total. The summed E-state index contributed by atoms with van der Waals surface area (Å²) in [7, 11) is -0.401. The molecular formula is C17H17N3O2S. The number of sulfonamides is 1. The summed E-state index contributed by atoms with van der Waals surface area (Å²) in [6.45, 7) is 0. The van der Waals surface area contributed by atoms with Gasteiger partial charge >= 0.3 is 0 Å². The molecule has 0 saturated heterocycles. The highest BCUT2D eigenvalue weighted by Crippen LogP contribution is 2.32. The van der Waals surface area contributed by atoms with Crippen molar-refractivity contribution in [3.63, 3.8) is 0 Å². The second kappa shape index (κ2) is 5.89. The predicted molar refractivity (Wildman–Crippen MR) is 90.7 cm³/mol. The fourth-order valence-electron chi connectivity index (χ4n) is 2.43. The van der Waals surface area contributed by atoms with E-state index in [-0.39, 0.29) is 4.90 Å². The average molecular weight is 327 g/mol. The molecule has 3 rings (SSSR count). The van der Waals surface area contributed by atoms with Crippen LogP contribution in [0, 0.1) is 0 Å². The van der Waals surface area contributed by atoms with Crippen LogP contribution in [0.15, 0.2) is 71.9 Å². The van der Waals surface area contributed by atoms with Crippen LogP contribution in [0.5, 0.6) is 0 Å². The van der Waals surface area contributed by atoms with Gasteiger partial charge < -0.3 is 0 Å². The lowest BCUT2D eigenvalue weighted by Gasteiger charge is -2.21. The number of para-hydroxylation sites is 1. The Morgan fingerprint density at radius 1 is 1.00 bits per heavy atom. The molecule has 0 amide bonds. The lowest BCUT2D eigenvalue weighted by Crippen LogP contribution is -2.26. The molecule has 0 spiro atoms. The van der Waals surface area contributed by atoms with Crippen molar-refractivity contribution in [2.24, 2.45) is 7.05 Å². The Balaban J connectivity index is 2.09. The van der Waals surface area contributed by atoms with Gasteiger partial charge in [-0.05, 0) is 11.6 Å². The highest BCUT2D eigenvalue weighted by atomic mass is 32.2. The first-order valence-electron chi connectivity index (χ1n) is 7.12. The fourth-order valence-corrected chi connectivity index (χ4v) is 3.63. The average Bonchev–Trinajstić information content (AvgIpc) is 3.02. The molecule has 0 saturated carbocycles. The molecule has 0 aliphatic carbocycles. The molecule has 23 heavy (non-hydrogen) atoms. The highest BCUT2D eigenvalue weighted by molar-refractivity contribution is 7.92. The van der Waals surface area contributed by atoms with Crippen LogP contribution in [0.25, 0.3) is 11.1 Å². The van der Waals surface area contributed by atoms with Gasteiger partial charge in [0.05, 0.1) is 11.9 Å². The molecule has 0 atom stereocenters. The lowest BCUT2D eigenvalue weighted by atomic mass is 10.0. The fraction of sp³-hybridized carbons (Fsp3) is 0.118. The third-order valence-corrected chi connectivity index (χ3v) is 5.39. The third-order valence-electron chi connectivity index (χ3n) is 3.67. The van der Waals surface area contributed by atoms with Crippen molar-refractivity contribution in [2.45, 2.75) is 4.90 Å². The summed E-state index contributed by atoms with van der Waals surface area (Å²) in [5, 5.41) is 3.95. The van der Waals surface area contributed by atoms with E-state index >= 15 is 0 Å². The van der Waals surface area contributed by atoms with E-state index in [2.05, 4.69) is 5.10 Å². The number of aromatic nitrogens is 2. The molecule has 0 aliphatic rings. The SMILES string of the molecule is CN(c1ccccc1-c1ccccc1)S(=O)(=O)c1cnn(C)c1. The first-order valence-corrected chi connectivity index (χ1v) is 8.56. The molecule has 1 heterocycles. The summed E-state index contributed by atoms with van der Waals surface area (Å²) in [6.07, 6.45) is 2.86. The highest BCUT2D eigenvalue weighted by Gasteiger charge is 2.24. The van der Waals surface area contributed by atoms with E-state index in [9.17, 15) is 8.42 Å². The molecule has 6 heteroatoms. The number of aryl methyl sites for hydroxylation is 1. The van der Waals surface area contributed by atoms with Crippen molar-refractivity contribution in [1.82, 2.24) is 9.78 Å². The zero-order valence-electron chi connectivity index (χ0n) is 12.9. The Morgan fingerprint density at radius 2 is 1.65 bits per heavy atom. The number of anilines is 1. The normalized spacial score (nSPS) is 11.4. The lowest BCUT2D eigenvalue weighted by molar-refractivity contribution is 0.594. The maximum absolute atomic E-state index is 12.8. The molecule has 2 aromatic carbocycles. The van der Waals surface area contributed by atoms with Gasteiger partial charge in [0, 0.05) is 25.9 Å². The standard InChI is InChI=1S/C17H17N3O2S/c1-19-13-15(12-18-19)23(21,22)20(2)17-11-7-6-10-16(17)14-8-4-3-5-9-14/h3-13H,1-2H3. The van der Waals surface area contributed by atoms with Crippen LogP contribution in [0.3, 0.4) is 0 Å². The van der Waals surface area contributed by atoms with Crippen molar-refractivity contribution in [1.29, 1.82) is 0 Å². The Hall–Kier alpha value is -2.60. The van der Waals surface area contributed by atoms with Crippen LogP contribution in [-0.4, -0.2) is 25.2 Å². The van der Waals surface area contributed by atoms with Gasteiger partial charge in [-0.3, -0.25) is 8.99 Å². The van der Waals surface area contributed by atoms with E-state index in [1.807, 2.05) is 48.5 Å². The van der Waals surface area contributed by atoms with Crippen LogP contribution in [-0.2, 0) is 17.1 Å². The quantitative estimate of drug-likeness (QED) is 0.740. The van der Waals surface area contributed by atoms with Gasteiger partial charge in [0.15, 0.2) is 0 Å². The summed E-state index contributed by atoms with van der Waals surface area (Å²) in [4.78, 5) is 0.172. The number of nitrogens with zero attached hydrogens (tertiary/aromatic N) is 3.